The van der Waals surface area contributed by atoms with Crippen LogP contribution in [0.2, 0.25) is 0 Å². The Labute approximate surface area is 124 Å². The van der Waals surface area contributed by atoms with Gasteiger partial charge in [0.05, 0.1) is 4.90 Å². The molecule has 0 aliphatic heterocycles. The Morgan fingerprint density at radius 1 is 1.00 bits per heavy atom. The molecule has 0 fully saturated rings. The quantitative estimate of drug-likeness (QED) is 0.890. The van der Waals surface area contributed by atoms with Gasteiger partial charge in [-0.1, -0.05) is 30.3 Å². The fourth-order valence-corrected chi connectivity index (χ4v) is 4.14. The number of aliphatic hydroxyl groups is 1. The van der Waals surface area contributed by atoms with Gasteiger partial charge in [0.1, 0.15) is 10.5 Å². The van der Waals surface area contributed by atoms with E-state index in [2.05, 4.69) is 0 Å². The summed E-state index contributed by atoms with van der Waals surface area (Å²) in [4.78, 5) is 0.125. The molecule has 0 heterocycles. The molecule has 1 unspecified atom stereocenters. The van der Waals surface area contributed by atoms with Crippen LogP contribution >= 0.6 is 0 Å². The fraction of sp³-hybridized carbons (Fsp3) is 0.250. The van der Waals surface area contributed by atoms with Gasteiger partial charge in [0.2, 0.25) is 0 Å². The van der Waals surface area contributed by atoms with Gasteiger partial charge in [0, 0.05) is 6.61 Å². The van der Waals surface area contributed by atoms with Crippen molar-refractivity contribution in [1.82, 2.24) is 0 Å². The lowest BCUT2D eigenvalue weighted by Crippen LogP contribution is -2.34. The zero-order valence-electron chi connectivity index (χ0n) is 11.7. The lowest BCUT2D eigenvalue weighted by molar-refractivity contribution is 0.268. The Morgan fingerprint density at radius 2 is 1.57 bits per heavy atom. The second kappa shape index (κ2) is 5.87. The number of aromatic hydroxyl groups is 1. The van der Waals surface area contributed by atoms with Gasteiger partial charge in [-0.3, -0.25) is 0 Å². The molecule has 0 aliphatic carbocycles. The first kappa shape index (κ1) is 15.5. The summed E-state index contributed by atoms with van der Waals surface area (Å²) in [6.45, 7) is 1.38. The predicted molar refractivity (Wildman–Crippen MR) is 80.8 cm³/mol. The maximum absolute atomic E-state index is 13.0. The summed E-state index contributed by atoms with van der Waals surface area (Å²) in [6.07, 6.45) is 0.0974. The lowest BCUT2D eigenvalue weighted by Gasteiger charge is -2.29. The molecule has 0 aliphatic rings. The zero-order chi connectivity index (χ0) is 15.5. The highest BCUT2D eigenvalue weighted by molar-refractivity contribution is 7.92. The molecule has 0 radical (unpaired) electrons. The van der Waals surface area contributed by atoms with Crippen LogP contribution in [0.25, 0.3) is 0 Å². The van der Waals surface area contributed by atoms with Gasteiger partial charge < -0.3 is 10.2 Å². The van der Waals surface area contributed by atoms with Crippen LogP contribution in [0.5, 0.6) is 5.75 Å². The summed E-state index contributed by atoms with van der Waals surface area (Å²) < 4.78 is 24.7. The van der Waals surface area contributed by atoms with E-state index in [1.54, 1.807) is 31.2 Å². The van der Waals surface area contributed by atoms with Crippen molar-refractivity contribution < 1.29 is 18.6 Å². The Balaban J connectivity index is 2.58. The summed E-state index contributed by atoms with van der Waals surface area (Å²) in [5.74, 6) is 0.0116. The molecule has 2 N–H and O–H groups in total. The average molecular weight is 306 g/mol. The molecular weight excluding hydrogens is 288 g/mol. The highest BCUT2D eigenvalue weighted by atomic mass is 32.2. The Morgan fingerprint density at radius 3 is 2.10 bits per heavy atom. The smallest absolute Gasteiger partial charge is 0.188 e. The summed E-state index contributed by atoms with van der Waals surface area (Å²) in [5.41, 5.74) is 0.632. The third-order valence-corrected chi connectivity index (χ3v) is 6.23. The first-order valence-corrected chi connectivity index (χ1v) is 8.10. The number of phenolic OH excluding ortho intramolecular Hbond substituents is 1. The molecular formula is C16H18O4S. The highest BCUT2D eigenvalue weighted by Crippen LogP contribution is 2.38. The van der Waals surface area contributed by atoms with Gasteiger partial charge in [-0.15, -0.1) is 0 Å². The molecule has 21 heavy (non-hydrogen) atoms. The van der Waals surface area contributed by atoms with Gasteiger partial charge in [-0.2, -0.15) is 0 Å². The topological polar surface area (TPSA) is 74.6 Å². The van der Waals surface area contributed by atoms with Crippen molar-refractivity contribution >= 4 is 9.84 Å². The first-order valence-electron chi connectivity index (χ1n) is 6.62. The van der Waals surface area contributed by atoms with Gasteiger partial charge in [-0.05, 0) is 43.2 Å². The minimum absolute atomic E-state index is 0.0116. The number of sulfone groups is 1. The van der Waals surface area contributed by atoms with Gasteiger partial charge in [-0.25, -0.2) is 8.42 Å². The van der Waals surface area contributed by atoms with Crippen LogP contribution in [0.15, 0.2) is 59.5 Å². The van der Waals surface area contributed by atoms with Crippen molar-refractivity contribution in [3.05, 3.63) is 60.2 Å². The average Bonchev–Trinajstić information content (AvgIpc) is 2.48. The molecule has 2 aromatic carbocycles. The predicted octanol–water partition coefficient (Wildman–Crippen LogP) is 2.46. The standard InChI is InChI=1S/C16H18O4S/c1-16(11-12-17,13-5-3-2-4-6-13)21(19,20)15-9-7-14(18)8-10-15/h2-10,17-18H,11-12H2,1H3. The van der Waals surface area contributed by atoms with Crippen LogP contribution in [-0.2, 0) is 14.6 Å². The third-order valence-electron chi connectivity index (χ3n) is 3.71. The molecule has 5 heteroatoms. The largest absolute Gasteiger partial charge is 0.508 e. The normalized spacial score (nSPS) is 14.6. The van der Waals surface area contributed by atoms with E-state index in [4.69, 9.17) is 0 Å². The van der Waals surface area contributed by atoms with E-state index in [9.17, 15) is 18.6 Å². The van der Waals surface area contributed by atoms with Gasteiger partial charge in [0.15, 0.2) is 9.84 Å². The maximum Gasteiger partial charge on any atom is 0.188 e. The van der Waals surface area contributed by atoms with Crippen molar-refractivity contribution in [2.45, 2.75) is 23.0 Å². The van der Waals surface area contributed by atoms with Gasteiger partial charge in [0.25, 0.3) is 0 Å². The minimum atomic E-state index is -3.70. The Bertz CT molecular complexity index is 693. The fourth-order valence-electron chi connectivity index (χ4n) is 2.32. The molecule has 0 saturated heterocycles. The van der Waals surface area contributed by atoms with Crippen LogP contribution in [0.4, 0.5) is 0 Å². The second-order valence-electron chi connectivity index (χ2n) is 5.07. The molecule has 1 atom stereocenters. The van der Waals surface area contributed by atoms with Crippen molar-refractivity contribution in [2.75, 3.05) is 6.61 Å². The van der Waals surface area contributed by atoms with Crippen LogP contribution in [0.1, 0.15) is 18.9 Å². The number of benzene rings is 2. The molecule has 112 valence electrons. The van der Waals surface area contributed by atoms with E-state index in [0.717, 1.165) is 0 Å². The molecule has 2 rings (SSSR count). The Hall–Kier alpha value is -1.85. The monoisotopic (exact) mass is 306 g/mol. The summed E-state index contributed by atoms with van der Waals surface area (Å²) in [7, 11) is -3.70. The number of hydrogen-bond donors (Lipinski definition) is 2. The van der Waals surface area contributed by atoms with E-state index in [1.165, 1.54) is 24.3 Å². The lowest BCUT2D eigenvalue weighted by atomic mass is 9.97. The Kier molecular flexibility index (Phi) is 4.34. The second-order valence-corrected chi connectivity index (χ2v) is 7.45. The van der Waals surface area contributed by atoms with E-state index in [-0.39, 0.29) is 23.7 Å². The van der Waals surface area contributed by atoms with E-state index in [0.29, 0.717) is 5.56 Å². The number of rotatable bonds is 5. The first-order chi connectivity index (χ1) is 9.91. The van der Waals surface area contributed by atoms with Crippen LogP contribution < -0.4 is 0 Å². The molecule has 0 amide bonds. The summed E-state index contributed by atoms with van der Waals surface area (Å²) in [5, 5.41) is 18.6. The minimum Gasteiger partial charge on any atom is -0.508 e. The number of hydrogen-bond acceptors (Lipinski definition) is 4. The molecule has 0 spiro atoms. The van der Waals surface area contributed by atoms with Crippen molar-refractivity contribution in [3.8, 4) is 5.75 Å². The summed E-state index contributed by atoms with van der Waals surface area (Å²) >= 11 is 0. The molecule has 0 aromatic heterocycles. The number of phenols is 1. The van der Waals surface area contributed by atoms with E-state index < -0.39 is 14.6 Å². The van der Waals surface area contributed by atoms with E-state index >= 15 is 0 Å². The van der Waals surface area contributed by atoms with Crippen molar-refractivity contribution in [3.63, 3.8) is 0 Å². The third kappa shape index (κ3) is 2.80. The molecule has 2 aromatic rings. The molecule has 0 bridgehead atoms. The SMILES string of the molecule is CC(CCO)(c1ccccc1)S(=O)(=O)c1ccc(O)cc1. The van der Waals surface area contributed by atoms with Crippen LogP contribution in [0, 0.1) is 0 Å². The van der Waals surface area contributed by atoms with Gasteiger partial charge >= 0.3 is 0 Å². The van der Waals surface area contributed by atoms with Crippen molar-refractivity contribution in [1.29, 1.82) is 0 Å². The van der Waals surface area contributed by atoms with E-state index in [1.807, 2.05) is 6.07 Å². The maximum atomic E-state index is 13.0. The zero-order valence-corrected chi connectivity index (χ0v) is 12.5. The summed E-state index contributed by atoms with van der Waals surface area (Å²) in [6, 6.07) is 14.3. The molecule has 4 nitrogen and oxygen atoms in total. The van der Waals surface area contributed by atoms with Crippen LogP contribution in [-0.4, -0.2) is 25.2 Å². The van der Waals surface area contributed by atoms with Crippen molar-refractivity contribution in [2.24, 2.45) is 0 Å². The number of aliphatic hydroxyl groups excluding tert-OH is 1. The van der Waals surface area contributed by atoms with Crippen LogP contribution in [0.3, 0.4) is 0 Å². The highest BCUT2D eigenvalue weighted by Gasteiger charge is 2.41. The molecule has 0 saturated carbocycles.